The van der Waals surface area contributed by atoms with E-state index in [1.54, 1.807) is 0 Å². The molecular weight excluding hydrogens is 350 g/mol. The van der Waals surface area contributed by atoms with Crippen molar-refractivity contribution in [2.75, 3.05) is 19.6 Å². The molecule has 2 unspecified atom stereocenters. The summed E-state index contributed by atoms with van der Waals surface area (Å²) in [6.07, 6.45) is 4.97. The van der Waals surface area contributed by atoms with Crippen molar-refractivity contribution >= 4 is 6.03 Å². The van der Waals surface area contributed by atoms with Crippen LogP contribution < -0.4 is 10.6 Å². The molecule has 0 radical (unpaired) electrons. The van der Waals surface area contributed by atoms with E-state index in [0.29, 0.717) is 12.6 Å². The van der Waals surface area contributed by atoms with E-state index in [1.807, 2.05) is 12.3 Å². The number of hydrogen-bond donors (Lipinski definition) is 2. The van der Waals surface area contributed by atoms with Gasteiger partial charge in [-0.15, -0.1) is 0 Å². The van der Waals surface area contributed by atoms with Crippen LogP contribution in [-0.2, 0) is 13.0 Å². The van der Waals surface area contributed by atoms with Crippen LogP contribution in [0.25, 0.3) is 0 Å². The molecule has 0 aliphatic heterocycles. The maximum Gasteiger partial charge on any atom is 0.315 e. The Morgan fingerprint density at radius 3 is 2.75 bits per heavy atom. The Bertz CT molecular complexity index is 754. The third kappa shape index (κ3) is 4.93. The van der Waals surface area contributed by atoms with Gasteiger partial charge in [-0.05, 0) is 44.8 Å². The number of urea groups is 1. The number of carbonyl (C=O) groups is 1. The second-order valence-electron chi connectivity index (χ2n) is 7.56. The average molecular weight is 384 g/mol. The van der Waals surface area contributed by atoms with E-state index in [9.17, 15) is 4.79 Å². The zero-order chi connectivity index (χ0) is 19.9. The number of amides is 2. The molecule has 2 N–H and O–H groups in total. The third-order valence-electron chi connectivity index (χ3n) is 5.74. The zero-order valence-electron chi connectivity index (χ0n) is 17.3. The first kappa shape index (κ1) is 20.4. The largest absolute Gasteiger partial charge is 0.337 e. The molecule has 6 heteroatoms. The molecule has 2 aromatic rings. The molecule has 1 aromatic carbocycles. The first-order chi connectivity index (χ1) is 13.6. The summed E-state index contributed by atoms with van der Waals surface area (Å²) in [5, 5.41) is 10.8. The zero-order valence-corrected chi connectivity index (χ0v) is 17.3. The number of benzene rings is 1. The van der Waals surface area contributed by atoms with Crippen LogP contribution in [0.3, 0.4) is 0 Å². The van der Waals surface area contributed by atoms with E-state index < -0.39 is 0 Å². The number of carbonyl (C=O) groups excluding carboxylic acids is 1. The first-order valence-corrected chi connectivity index (χ1v) is 10.5. The average Bonchev–Trinajstić information content (AvgIpc) is 3.12. The van der Waals surface area contributed by atoms with Gasteiger partial charge >= 0.3 is 6.03 Å². The van der Waals surface area contributed by atoms with Crippen molar-refractivity contribution in [3.8, 4) is 0 Å². The lowest BCUT2D eigenvalue weighted by atomic mass is 9.93. The molecule has 0 spiro atoms. The fraction of sp³-hybridized carbons (Fsp3) is 0.545. The molecule has 1 aromatic heterocycles. The van der Waals surface area contributed by atoms with Gasteiger partial charge in [-0.3, -0.25) is 9.58 Å². The minimum Gasteiger partial charge on any atom is -0.337 e. The Morgan fingerprint density at radius 1 is 1.29 bits per heavy atom. The normalized spacial score (nSPS) is 17.2. The Kier molecular flexibility index (Phi) is 7.09. The Balaban J connectivity index is 1.59. The van der Waals surface area contributed by atoms with E-state index in [4.69, 9.17) is 0 Å². The summed E-state index contributed by atoms with van der Waals surface area (Å²) in [6.45, 7) is 9.87. The quantitative estimate of drug-likeness (QED) is 0.735. The Hall–Kier alpha value is -2.34. The molecule has 28 heavy (non-hydrogen) atoms. The molecule has 1 aliphatic rings. The fourth-order valence-corrected chi connectivity index (χ4v) is 4.09. The van der Waals surface area contributed by atoms with Crippen molar-refractivity contribution in [2.24, 2.45) is 0 Å². The number of fused-ring (bicyclic) bond motifs is 1. The van der Waals surface area contributed by atoms with Crippen molar-refractivity contribution in [3.63, 3.8) is 0 Å². The molecule has 1 heterocycles. The molecular formula is C22H33N5O. The lowest BCUT2D eigenvalue weighted by Gasteiger charge is -2.28. The number of rotatable bonds is 8. The van der Waals surface area contributed by atoms with E-state index in [1.165, 1.54) is 11.3 Å². The minimum absolute atomic E-state index is 0.0389. The van der Waals surface area contributed by atoms with Crippen LogP contribution in [0.4, 0.5) is 4.79 Å². The fourth-order valence-electron chi connectivity index (χ4n) is 4.09. The van der Waals surface area contributed by atoms with Crippen LogP contribution in [0, 0.1) is 0 Å². The maximum absolute atomic E-state index is 12.5. The Morgan fingerprint density at radius 2 is 2.04 bits per heavy atom. The first-order valence-electron chi connectivity index (χ1n) is 10.5. The van der Waals surface area contributed by atoms with Gasteiger partial charge in [-0.2, -0.15) is 5.10 Å². The van der Waals surface area contributed by atoms with Crippen molar-refractivity contribution in [2.45, 2.75) is 58.7 Å². The van der Waals surface area contributed by atoms with Gasteiger partial charge in [-0.1, -0.05) is 44.2 Å². The summed E-state index contributed by atoms with van der Waals surface area (Å²) < 4.78 is 2.08. The van der Waals surface area contributed by atoms with Gasteiger partial charge in [0.05, 0.1) is 18.8 Å². The molecule has 0 bridgehead atoms. The molecule has 2 amide bonds. The molecule has 2 atom stereocenters. The predicted molar refractivity (Wildman–Crippen MR) is 112 cm³/mol. The van der Waals surface area contributed by atoms with Crippen LogP contribution in [-0.4, -0.2) is 46.4 Å². The molecule has 3 rings (SSSR count). The molecule has 6 nitrogen and oxygen atoms in total. The monoisotopic (exact) mass is 383 g/mol. The summed E-state index contributed by atoms with van der Waals surface area (Å²) in [6, 6.07) is 10.7. The number of nitrogens with zero attached hydrogens (tertiary/aromatic N) is 3. The van der Waals surface area contributed by atoms with Crippen LogP contribution in [0.1, 0.15) is 56.5 Å². The van der Waals surface area contributed by atoms with E-state index in [2.05, 4.69) is 70.4 Å². The van der Waals surface area contributed by atoms with Gasteiger partial charge in [0.1, 0.15) is 0 Å². The Labute approximate surface area is 168 Å². The highest BCUT2D eigenvalue weighted by atomic mass is 16.2. The van der Waals surface area contributed by atoms with Crippen LogP contribution in [0.5, 0.6) is 0 Å². The number of aromatic nitrogens is 2. The standard InChI is InChI=1S/C22H33N5O/c1-4-26(5-2)17(3)14-23-22(28)25-20-12-9-13-21-19(20)15-24-27(21)16-18-10-7-6-8-11-18/h6-8,10-11,15,17,20H,4-5,9,12-14,16H2,1-3H3,(H2,23,25,28). The molecule has 0 saturated heterocycles. The van der Waals surface area contributed by atoms with Crippen molar-refractivity contribution in [1.29, 1.82) is 0 Å². The lowest BCUT2D eigenvalue weighted by molar-refractivity contribution is 0.212. The van der Waals surface area contributed by atoms with Gasteiger partial charge in [0.25, 0.3) is 0 Å². The van der Waals surface area contributed by atoms with Gasteiger partial charge in [0.2, 0.25) is 0 Å². The smallest absolute Gasteiger partial charge is 0.315 e. The SMILES string of the molecule is CCN(CC)C(C)CNC(=O)NC1CCCc2c1cnn2Cc1ccccc1. The van der Waals surface area contributed by atoms with Gasteiger partial charge in [-0.25, -0.2) is 4.79 Å². The number of nitrogens with one attached hydrogen (secondary N) is 2. The van der Waals surface area contributed by atoms with Gasteiger partial charge < -0.3 is 10.6 Å². The summed E-state index contributed by atoms with van der Waals surface area (Å²) in [7, 11) is 0. The second-order valence-corrected chi connectivity index (χ2v) is 7.56. The summed E-state index contributed by atoms with van der Waals surface area (Å²) in [4.78, 5) is 14.8. The van der Waals surface area contributed by atoms with E-state index >= 15 is 0 Å². The van der Waals surface area contributed by atoms with Crippen LogP contribution in [0.2, 0.25) is 0 Å². The van der Waals surface area contributed by atoms with Crippen molar-refractivity contribution < 1.29 is 4.79 Å². The third-order valence-corrected chi connectivity index (χ3v) is 5.74. The molecule has 1 aliphatic carbocycles. The molecule has 152 valence electrons. The maximum atomic E-state index is 12.5. The van der Waals surface area contributed by atoms with Gasteiger partial charge in [0, 0.05) is 23.8 Å². The predicted octanol–water partition coefficient (Wildman–Crippen LogP) is 3.34. The van der Waals surface area contributed by atoms with E-state index in [-0.39, 0.29) is 12.1 Å². The summed E-state index contributed by atoms with van der Waals surface area (Å²) in [5.41, 5.74) is 3.65. The highest BCUT2D eigenvalue weighted by molar-refractivity contribution is 5.74. The van der Waals surface area contributed by atoms with E-state index in [0.717, 1.165) is 44.5 Å². The summed E-state index contributed by atoms with van der Waals surface area (Å²) >= 11 is 0. The van der Waals surface area contributed by atoms with Crippen molar-refractivity contribution in [3.05, 3.63) is 53.3 Å². The number of likely N-dealkylation sites (N-methyl/N-ethyl adjacent to an activating group) is 1. The number of hydrogen-bond acceptors (Lipinski definition) is 3. The lowest BCUT2D eigenvalue weighted by Crippen LogP contribution is -2.46. The highest BCUT2D eigenvalue weighted by Crippen LogP contribution is 2.29. The highest BCUT2D eigenvalue weighted by Gasteiger charge is 2.25. The van der Waals surface area contributed by atoms with Gasteiger partial charge in [0.15, 0.2) is 0 Å². The molecule has 0 fully saturated rings. The molecule has 0 saturated carbocycles. The van der Waals surface area contributed by atoms with Crippen LogP contribution >= 0.6 is 0 Å². The topological polar surface area (TPSA) is 62.2 Å². The van der Waals surface area contributed by atoms with Crippen molar-refractivity contribution in [1.82, 2.24) is 25.3 Å². The summed E-state index contributed by atoms with van der Waals surface area (Å²) in [5.74, 6) is 0. The van der Waals surface area contributed by atoms with Crippen LogP contribution in [0.15, 0.2) is 36.5 Å². The second kappa shape index (κ2) is 9.73. The minimum atomic E-state index is -0.0901.